The minimum Gasteiger partial charge on any atom is -0.432 e. The number of aryl methyl sites for hydroxylation is 1. The maximum atomic E-state index is 12.9. The number of rotatable bonds is 5. The van der Waals surface area contributed by atoms with Gasteiger partial charge in [-0.15, -0.1) is 0 Å². The van der Waals surface area contributed by atoms with E-state index in [2.05, 4.69) is 37.3 Å². The smallest absolute Gasteiger partial charge is 0.311 e. The van der Waals surface area contributed by atoms with Gasteiger partial charge >= 0.3 is 5.97 Å². The molecule has 5 rings (SSSR count). The van der Waals surface area contributed by atoms with Crippen LogP contribution in [0.5, 0.6) is 0 Å². The topological polar surface area (TPSA) is 44.8 Å². The number of ether oxygens (including phenoxy) is 3. The fourth-order valence-electron chi connectivity index (χ4n) is 6.54. The number of unbranched alkanes of at least 4 members (excludes halogenated alkanes) is 1. The third kappa shape index (κ3) is 2.83. The molecule has 2 bridgehead atoms. The van der Waals surface area contributed by atoms with Crippen LogP contribution in [0, 0.1) is 23.7 Å². The summed E-state index contributed by atoms with van der Waals surface area (Å²) in [5.41, 5.74) is 0.956. The Morgan fingerprint density at radius 3 is 2.71 bits per heavy atom. The summed E-state index contributed by atoms with van der Waals surface area (Å²) in [7, 11) is 0. The second-order valence-corrected chi connectivity index (χ2v) is 9.62. The van der Waals surface area contributed by atoms with Crippen LogP contribution in [-0.2, 0) is 25.4 Å². The molecule has 7 atom stereocenters. The standard InChI is InChI=1S/C24H32O4/c1-16-12-13-20-18(11-7-6-10-17-8-4-3-5-9-17)21(25)26-22-24(20)19(16)14-15-23(2,27-22)28-24/h3-5,8-9,16,18-20,22H,6-7,10-15H2,1-2H3/t16-,18-,19+,20+,22-,23-,24-/m1/s1. The lowest BCUT2D eigenvalue weighted by molar-refractivity contribution is -0.265. The van der Waals surface area contributed by atoms with E-state index in [1.165, 1.54) is 12.0 Å². The first-order valence-electron chi connectivity index (χ1n) is 11.1. The average Bonchev–Trinajstić information content (AvgIpc) is 2.90. The van der Waals surface area contributed by atoms with Gasteiger partial charge in [0.1, 0.15) is 5.60 Å². The van der Waals surface area contributed by atoms with Crippen molar-refractivity contribution in [2.45, 2.75) is 82.9 Å². The lowest BCUT2D eigenvalue weighted by atomic mass is 9.56. The highest BCUT2D eigenvalue weighted by Crippen LogP contribution is 2.63. The second-order valence-electron chi connectivity index (χ2n) is 9.62. The third-order valence-electron chi connectivity index (χ3n) is 7.89. The monoisotopic (exact) mass is 384 g/mol. The Morgan fingerprint density at radius 2 is 1.89 bits per heavy atom. The molecule has 0 radical (unpaired) electrons. The number of carbonyl (C=O) groups excluding carboxylic acids is 1. The molecule has 4 nitrogen and oxygen atoms in total. The SMILES string of the molecule is C[C@@H]1CC[C@H]2[C@@H](CCCCc3ccccc3)C(=O)O[C@@H]3O[C@@]4(C)CC[C@@H]1[C@]32O4. The van der Waals surface area contributed by atoms with E-state index in [0.717, 1.165) is 44.9 Å². The summed E-state index contributed by atoms with van der Waals surface area (Å²) >= 11 is 0. The van der Waals surface area contributed by atoms with Gasteiger partial charge in [-0.3, -0.25) is 4.79 Å². The molecule has 4 aliphatic rings. The summed E-state index contributed by atoms with van der Waals surface area (Å²) in [4.78, 5) is 12.9. The van der Waals surface area contributed by atoms with Crippen molar-refractivity contribution in [1.29, 1.82) is 0 Å². The minimum absolute atomic E-state index is 0.0499. The van der Waals surface area contributed by atoms with Gasteiger partial charge in [-0.05, 0) is 62.8 Å². The van der Waals surface area contributed by atoms with E-state index in [-0.39, 0.29) is 17.8 Å². The Bertz CT molecular complexity index is 733. The molecule has 3 heterocycles. The first-order chi connectivity index (χ1) is 13.5. The summed E-state index contributed by atoms with van der Waals surface area (Å²) in [6.45, 7) is 4.36. The number of fused-ring (bicyclic) bond motifs is 1. The number of esters is 1. The van der Waals surface area contributed by atoms with E-state index in [0.29, 0.717) is 11.8 Å². The van der Waals surface area contributed by atoms with Crippen molar-refractivity contribution in [3.63, 3.8) is 0 Å². The lowest BCUT2D eigenvalue weighted by Gasteiger charge is -2.56. The van der Waals surface area contributed by atoms with E-state index in [1.807, 2.05) is 6.92 Å². The molecule has 152 valence electrons. The van der Waals surface area contributed by atoms with Crippen molar-refractivity contribution in [1.82, 2.24) is 0 Å². The quantitative estimate of drug-likeness (QED) is 0.537. The number of benzene rings is 1. The number of hydrogen-bond acceptors (Lipinski definition) is 4. The van der Waals surface area contributed by atoms with E-state index >= 15 is 0 Å². The van der Waals surface area contributed by atoms with Crippen LogP contribution in [0.2, 0.25) is 0 Å². The highest BCUT2D eigenvalue weighted by molar-refractivity contribution is 5.74. The predicted octanol–water partition coefficient (Wildman–Crippen LogP) is 4.86. The summed E-state index contributed by atoms with van der Waals surface area (Å²) in [6, 6.07) is 10.6. The van der Waals surface area contributed by atoms with Gasteiger partial charge in [0.15, 0.2) is 5.79 Å². The van der Waals surface area contributed by atoms with Gasteiger partial charge in [-0.2, -0.15) is 0 Å². The van der Waals surface area contributed by atoms with Crippen LogP contribution < -0.4 is 0 Å². The molecule has 3 saturated heterocycles. The lowest BCUT2D eigenvalue weighted by Crippen LogP contribution is -2.65. The Labute approximate surface area is 167 Å². The van der Waals surface area contributed by atoms with Gasteiger partial charge in [0.2, 0.25) is 6.29 Å². The second kappa shape index (κ2) is 6.84. The van der Waals surface area contributed by atoms with Crippen molar-refractivity contribution in [2.75, 3.05) is 0 Å². The van der Waals surface area contributed by atoms with Crippen LogP contribution in [0.15, 0.2) is 30.3 Å². The van der Waals surface area contributed by atoms with E-state index in [9.17, 15) is 4.79 Å². The normalized spacial score (nSPS) is 44.1. The molecular formula is C24H32O4. The molecule has 1 aromatic rings. The Kier molecular flexibility index (Phi) is 4.55. The molecule has 1 spiro atoms. The summed E-state index contributed by atoms with van der Waals surface area (Å²) < 4.78 is 18.8. The minimum atomic E-state index is -0.584. The van der Waals surface area contributed by atoms with E-state index in [1.54, 1.807) is 0 Å². The van der Waals surface area contributed by atoms with Gasteiger partial charge in [-0.25, -0.2) is 0 Å². The maximum Gasteiger partial charge on any atom is 0.311 e. The molecule has 0 aromatic heterocycles. The van der Waals surface area contributed by atoms with E-state index < -0.39 is 17.7 Å². The predicted molar refractivity (Wildman–Crippen MR) is 105 cm³/mol. The largest absolute Gasteiger partial charge is 0.432 e. The fourth-order valence-corrected chi connectivity index (χ4v) is 6.54. The molecule has 3 aliphatic heterocycles. The first-order valence-corrected chi connectivity index (χ1v) is 11.1. The van der Waals surface area contributed by atoms with Crippen LogP contribution >= 0.6 is 0 Å². The van der Waals surface area contributed by atoms with Crippen LogP contribution in [-0.4, -0.2) is 23.6 Å². The fraction of sp³-hybridized carbons (Fsp3) is 0.708. The zero-order valence-corrected chi connectivity index (χ0v) is 17.1. The van der Waals surface area contributed by atoms with Gasteiger partial charge in [0.25, 0.3) is 0 Å². The zero-order chi connectivity index (χ0) is 19.4. The Morgan fingerprint density at radius 1 is 1.07 bits per heavy atom. The van der Waals surface area contributed by atoms with Crippen molar-refractivity contribution < 1.29 is 19.0 Å². The highest BCUT2D eigenvalue weighted by atomic mass is 16.8. The molecule has 0 N–H and O–H groups in total. The summed E-state index contributed by atoms with van der Waals surface area (Å²) in [6.07, 6.45) is 7.84. The molecule has 1 aliphatic carbocycles. The van der Waals surface area contributed by atoms with Crippen LogP contribution in [0.1, 0.15) is 64.4 Å². The average molecular weight is 385 g/mol. The summed E-state index contributed by atoms with van der Waals surface area (Å²) in [5, 5.41) is 0. The Hall–Kier alpha value is -1.39. The summed E-state index contributed by atoms with van der Waals surface area (Å²) in [5.74, 6) is 0.574. The van der Waals surface area contributed by atoms with Crippen molar-refractivity contribution in [2.24, 2.45) is 23.7 Å². The van der Waals surface area contributed by atoms with Crippen molar-refractivity contribution >= 4 is 5.97 Å². The maximum absolute atomic E-state index is 12.9. The van der Waals surface area contributed by atoms with E-state index in [4.69, 9.17) is 14.2 Å². The van der Waals surface area contributed by atoms with Crippen molar-refractivity contribution in [3.8, 4) is 0 Å². The molecule has 4 fully saturated rings. The molecule has 1 aromatic carbocycles. The van der Waals surface area contributed by atoms with Gasteiger partial charge in [-0.1, -0.05) is 43.7 Å². The van der Waals surface area contributed by atoms with Crippen LogP contribution in [0.4, 0.5) is 0 Å². The van der Waals surface area contributed by atoms with Crippen LogP contribution in [0.3, 0.4) is 0 Å². The van der Waals surface area contributed by atoms with Crippen molar-refractivity contribution in [3.05, 3.63) is 35.9 Å². The zero-order valence-electron chi connectivity index (χ0n) is 17.1. The first kappa shape index (κ1) is 18.6. The third-order valence-corrected chi connectivity index (χ3v) is 7.89. The molecule has 1 saturated carbocycles. The molecule has 0 amide bonds. The van der Waals surface area contributed by atoms with Gasteiger partial charge in [0, 0.05) is 12.3 Å². The number of hydrogen-bond donors (Lipinski definition) is 0. The van der Waals surface area contributed by atoms with Gasteiger partial charge < -0.3 is 14.2 Å². The number of carbonyl (C=O) groups is 1. The molecule has 4 heteroatoms. The van der Waals surface area contributed by atoms with Crippen LogP contribution in [0.25, 0.3) is 0 Å². The molecular weight excluding hydrogens is 352 g/mol. The molecule has 0 unspecified atom stereocenters. The Balaban J connectivity index is 1.32. The highest BCUT2D eigenvalue weighted by Gasteiger charge is 2.72. The molecule has 28 heavy (non-hydrogen) atoms. The van der Waals surface area contributed by atoms with Gasteiger partial charge in [0.05, 0.1) is 5.92 Å².